The van der Waals surface area contributed by atoms with Crippen molar-refractivity contribution in [2.24, 2.45) is 11.8 Å². The number of piperidine rings is 1. The molecular weight excluding hydrogens is 308 g/mol. The summed E-state index contributed by atoms with van der Waals surface area (Å²) in [5.74, 6) is 2.11. The molecule has 0 aromatic heterocycles. The third-order valence-electron chi connectivity index (χ3n) is 7.80. The van der Waals surface area contributed by atoms with E-state index in [9.17, 15) is 4.79 Å². The largest absolute Gasteiger partial charge is 0.349 e. The van der Waals surface area contributed by atoms with Gasteiger partial charge in [-0.05, 0) is 74.6 Å². The minimum atomic E-state index is 0. The number of amides is 1. The molecule has 1 aromatic carbocycles. The molecule has 0 unspecified atom stereocenters. The Kier molecular flexibility index (Phi) is 3.70. The Hall–Kier alpha value is -1.35. The van der Waals surface area contributed by atoms with Crippen LogP contribution in [0.2, 0.25) is 0 Å². The molecule has 4 aliphatic rings. The lowest BCUT2D eigenvalue weighted by Crippen LogP contribution is -2.48. The van der Waals surface area contributed by atoms with Gasteiger partial charge in [-0.15, -0.1) is 0 Å². The number of fused-ring (bicyclic) bond motifs is 4. The van der Waals surface area contributed by atoms with Crippen molar-refractivity contribution in [2.75, 3.05) is 13.1 Å². The standard InChI is InChI=1S/C22H30N2O.H2/c1-15(25)23-20-14-22(19-5-3-2-4-18(19)20)8-10-24(11-9-22)21-13-16-6-7-17(21)12-16;/h2-5,16-17,20-21H,6-14H2,1H3,(H,23,25);1H/t16-,17-,20+,21+;/m1./s1. The summed E-state index contributed by atoms with van der Waals surface area (Å²) >= 11 is 0. The van der Waals surface area contributed by atoms with Gasteiger partial charge in [-0.1, -0.05) is 30.7 Å². The van der Waals surface area contributed by atoms with Crippen LogP contribution in [0.3, 0.4) is 0 Å². The maximum atomic E-state index is 11.7. The highest BCUT2D eigenvalue weighted by Crippen LogP contribution is 2.53. The van der Waals surface area contributed by atoms with Gasteiger partial charge >= 0.3 is 0 Å². The second kappa shape index (κ2) is 5.84. The van der Waals surface area contributed by atoms with E-state index in [1.807, 2.05) is 0 Å². The topological polar surface area (TPSA) is 32.3 Å². The number of hydrogen-bond donors (Lipinski definition) is 1. The lowest BCUT2D eigenvalue weighted by Gasteiger charge is -2.44. The van der Waals surface area contributed by atoms with Crippen molar-refractivity contribution in [3.8, 4) is 0 Å². The number of carbonyl (C=O) groups is 1. The molecule has 5 rings (SSSR count). The zero-order valence-corrected chi connectivity index (χ0v) is 15.3. The van der Waals surface area contributed by atoms with Crippen LogP contribution < -0.4 is 5.32 Å². The summed E-state index contributed by atoms with van der Waals surface area (Å²) < 4.78 is 0. The van der Waals surface area contributed by atoms with Gasteiger partial charge in [0, 0.05) is 19.8 Å². The molecule has 1 heterocycles. The minimum absolute atomic E-state index is 0. The Morgan fingerprint density at radius 3 is 2.68 bits per heavy atom. The molecule has 2 saturated carbocycles. The van der Waals surface area contributed by atoms with Crippen LogP contribution in [-0.4, -0.2) is 29.9 Å². The third-order valence-corrected chi connectivity index (χ3v) is 7.80. The van der Waals surface area contributed by atoms with Crippen molar-refractivity contribution in [3.05, 3.63) is 35.4 Å². The highest BCUT2D eigenvalue weighted by atomic mass is 16.1. The highest BCUT2D eigenvalue weighted by Gasteiger charge is 2.48. The first-order valence-corrected chi connectivity index (χ1v) is 10.3. The van der Waals surface area contributed by atoms with Crippen LogP contribution in [0.25, 0.3) is 0 Å². The van der Waals surface area contributed by atoms with E-state index in [2.05, 4.69) is 34.5 Å². The summed E-state index contributed by atoms with van der Waals surface area (Å²) in [4.78, 5) is 14.5. The first-order valence-electron chi connectivity index (χ1n) is 10.3. The summed E-state index contributed by atoms with van der Waals surface area (Å²) in [5.41, 5.74) is 3.17. The SMILES string of the molecule is CC(=O)N[C@H]1CC2(CCN([C@H]3C[C@@H]4CC[C@@H]3C4)CC2)c2ccccc21.[HH]. The van der Waals surface area contributed by atoms with E-state index in [1.54, 1.807) is 6.92 Å². The van der Waals surface area contributed by atoms with Crippen molar-refractivity contribution in [1.29, 1.82) is 0 Å². The van der Waals surface area contributed by atoms with Crippen molar-refractivity contribution in [3.63, 3.8) is 0 Å². The number of hydrogen-bond acceptors (Lipinski definition) is 2. The van der Waals surface area contributed by atoms with Gasteiger partial charge in [-0.3, -0.25) is 4.79 Å². The van der Waals surface area contributed by atoms with Gasteiger partial charge in [-0.25, -0.2) is 0 Å². The highest BCUT2D eigenvalue weighted by molar-refractivity contribution is 5.73. The second-order valence-electron chi connectivity index (χ2n) is 9.10. The van der Waals surface area contributed by atoms with Crippen LogP contribution in [-0.2, 0) is 10.2 Å². The van der Waals surface area contributed by atoms with Gasteiger partial charge in [0.2, 0.25) is 5.91 Å². The van der Waals surface area contributed by atoms with Crippen molar-refractivity contribution in [1.82, 2.24) is 10.2 Å². The molecule has 0 radical (unpaired) electrons. The van der Waals surface area contributed by atoms with E-state index < -0.39 is 0 Å². The Labute approximate surface area is 152 Å². The normalized spacial score (nSPS) is 35.9. The maximum absolute atomic E-state index is 11.7. The Bertz CT molecular complexity index is 682. The molecule has 4 atom stereocenters. The summed E-state index contributed by atoms with van der Waals surface area (Å²) in [7, 11) is 0. The monoisotopic (exact) mass is 340 g/mol. The average molecular weight is 341 g/mol. The van der Waals surface area contributed by atoms with Crippen LogP contribution >= 0.6 is 0 Å². The van der Waals surface area contributed by atoms with Crippen LogP contribution in [0.1, 0.15) is 70.5 Å². The quantitative estimate of drug-likeness (QED) is 0.881. The van der Waals surface area contributed by atoms with E-state index >= 15 is 0 Å². The summed E-state index contributed by atoms with van der Waals surface area (Å²) in [6, 6.07) is 9.94. The molecule has 25 heavy (non-hydrogen) atoms. The van der Waals surface area contributed by atoms with Crippen molar-refractivity contribution < 1.29 is 6.22 Å². The smallest absolute Gasteiger partial charge is 0.217 e. The van der Waals surface area contributed by atoms with Crippen LogP contribution in [0.4, 0.5) is 0 Å². The molecule has 3 aliphatic carbocycles. The number of likely N-dealkylation sites (tertiary alicyclic amines) is 1. The lowest BCUT2D eigenvalue weighted by molar-refractivity contribution is -0.119. The first kappa shape index (κ1) is 15.9. The number of nitrogens with zero attached hydrogens (tertiary/aromatic N) is 1. The van der Waals surface area contributed by atoms with Gasteiger partial charge in [-0.2, -0.15) is 0 Å². The van der Waals surface area contributed by atoms with Crippen LogP contribution in [0.5, 0.6) is 0 Å². The predicted molar refractivity (Wildman–Crippen MR) is 101 cm³/mol. The van der Waals surface area contributed by atoms with E-state index in [0.29, 0.717) is 0 Å². The minimum Gasteiger partial charge on any atom is -0.349 e. The third kappa shape index (κ3) is 2.54. The number of benzene rings is 1. The molecular formula is C22H32N2O. The van der Waals surface area contributed by atoms with Crippen molar-refractivity contribution in [2.45, 2.75) is 69.4 Å². The molecule has 1 saturated heterocycles. The molecule has 1 N–H and O–H groups in total. The van der Waals surface area contributed by atoms with Crippen LogP contribution in [0, 0.1) is 11.8 Å². The van der Waals surface area contributed by atoms with E-state index in [0.717, 1.165) is 24.3 Å². The van der Waals surface area contributed by atoms with Gasteiger partial charge < -0.3 is 10.2 Å². The second-order valence-corrected chi connectivity index (χ2v) is 9.10. The summed E-state index contributed by atoms with van der Waals surface area (Å²) in [6.45, 7) is 4.13. The van der Waals surface area contributed by atoms with Gasteiger partial charge in [0.1, 0.15) is 0 Å². The first-order chi connectivity index (χ1) is 12.1. The van der Waals surface area contributed by atoms with E-state index in [1.165, 1.54) is 62.7 Å². The Balaban J connectivity index is 0.00000168. The summed E-state index contributed by atoms with van der Waals surface area (Å²) in [5, 5.41) is 3.21. The van der Waals surface area contributed by atoms with E-state index in [4.69, 9.17) is 0 Å². The fraction of sp³-hybridized carbons (Fsp3) is 0.682. The molecule has 1 spiro atoms. The van der Waals surface area contributed by atoms with Crippen molar-refractivity contribution >= 4 is 5.91 Å². The zero-order valence-electron chi connectivity index (χ0n) is 15.3. The summed E-state index contributed by atoms with van der Waals surface area (Å²) in [6.07, 6.45) is 9.54. The predicted octanol–water partition coefficient (Wildman–Crippen LogP) is 4.04. The molecule has 1 amide bonds. The molecule has 3 fully saturated rings. The molecule has 1 aromatic rings. The van der Waals surface area contributed by atoms with Crippen LogP contribution in [0.15, 0.2) is 24.3 Å². The van der Waals surface area contributed by atoms with Gasteiger partial charge in [0.15, 0.2) is 0 Å². The molecule has 136 valence electrons. The molecule has 2 bridgehead atoms. The number of carbonyl (C=O) groups excluding carboxylic acids is 1. The molecule has 3 nitrogen and oxygen atoms in total. The van der Waals surface area contributed by atoms with Gasteiger partial charge in [0.25, 0.3) is 0 Å². The zero-order chi connectivity index (χ0) is 17.0. The van der Waals surface area contributed by atoms with Gasteiger partial charge in [0.05, 0.1) is 6.04 Å². The van der Waals surface area contributed by atoms with E-state index in [-0.39, 0.29) is 18.8 Å². The Morgan fingerprint density at radius 2 is 2.00 bits per heavy atom. The molecule has 1 aliphatic heterocycles. The lowest BCUT2D eigenvalue weighted by atomic mass is 9.73. The molecule has 3 heteroatoms. The fourth-order valence-electron chi connectivity index (χ4n) is 6.68. The Morgan fingerprint density at radius 1 is 1.20 bits per heavy atom. The fourth-order valence-corrected chi connectivity index (χ4v) is 6.68. The average Bonchev–Trinajstić information content (AvgIpc) is 3.31. The number of nitrogens with one attached hydrogen (secondary N) is 1. The number of rotatable bonds is 2. The maximum Gasteiger partial charge on any atom is 0.217 e.